The number of esters is 2. The summed E-state index contributed by atoms with van der Waals surface area (Å²) in [6, 6.07) is 24.3. The van der Waals surface area contributed by atoms with E-state index in [-0.39, 0.29) is 44.7 Å². The monoisotopic (exact) mass is 772 g/mol. The minimum atomic E-state index is -0.392. The van der Waals surface area contributed by atoms with E-state index in [1.165, 1.54) is 14.2 Å². The molecule has 0 N–H and O–H groups in total. The number of methoxy groups -OCH3 is 2. The average Bonchev–Trinajstić information content (AvgIpc) is 3.17. The van der Waals surface area contributed by atoms with Crippen LogP contribution in [0.5, 0.6) is 11.5 Å². The molecule has 6 rings (SSSR count). The van der Waals surface area contributed by atoms with Gasteiger partial charge in [0, 0.05) is 61.5 Å². The minimum Gasteiger partial charge on any atom is -1.00 e. The van der Waals surface area contributed by atoms with Gasteiger partial charge in [0.15, 0.2) is 0 Å². The van der Waals surface area contributed by atoms with Gasteiger partial charge in [0.05, 0.1) is 44.9 Å². The van der Waals surface area contributed by atoms with Crippen molar-refractivity contribution in [2.75, 3.05) is 110 Å². The van der Waals surface area contributed by atoms with Crippen LogP contribution in [-0.2, 0) is 23.8 Å². The summed E-state index contributed by atoms with van der Waals surface area (Å²) >= 11 is 0. The summed E-state index contributed by atoms with van der Waals surface area (Å²) in [6.07, 6.45) is 0. The molecule has 0 amide bonds. The number of benzene rings is 4. The molecule has 3 aliphatic rings. The second-order valence-electron chi connectivity index (χ2n) is 13.5. The Morgan fingerprint density at radius 2 is 1.49 bits per heavy atom. The van der Waals surface area contributed by atoms with E-state index in [2.05, 4.69) is 51.9 Å². The average molecular weight is 773 g/mol. The van der Waals surface area contributed by atoms with E-state index in [0.717, 1.165) is 55.7 Å². The van der Waals surface area contributed by atoms with Gasteiger partial charge in [-0.2, -0.15) is 0 Å². The van der Waals surface area contributed by atoms with Crippen molar-refractivity contribution in [1.29, 1.82) is 0 Å². The molecule has 0 radical (unpaired) electrons. The summed E-state index contributed by atoms with van der Waals surface area (Å²) in [5, 5.41) is 1.98. The van der Waals surface area contributed by atoms with Crippen LogP contribution >= 0.6 is 0 Å². The molecule has 2 heterocycles. The number of nitrogens with zero attached hydrogens (tertiary/aromatic N) is 4. The van der Waals surface area contributed by atoms with Gasteiger partial charge in [0.25, 0.3) is 0 Å². The predicted octanol–water partition coefficient (Wildman–Crippen LogP) is 2.06. The van der Waals surface area contributed by atoms with Gasteiger partial charge in [0.1, 0.15) is 63.2 Å². The first kappa shape index (κ1) is 40.7. The highest BCUT2D eigenvalue weighted by Crippen LogP contribution is 2.43. The SMILES string of the molecule is COC(=O)CN1CCOCCN(CC(=O)OC)c2cccc(C)c2OCCOc2cc(-c3c4ccc(=[N+](C)C)cc-4oc4cc(N(C)C)ccc34)ccc21.[Cl-]. The number of fused-ring (bicyclic) bond motifs is 4. The van der Waals surface area contributed by atoms with Crippen LogP contribution in [0.15, 0.2) is 77.2 Å². The number of carbonyl (C=O) groups is 2. The number of carbonyl (C=O) groups excluding carboxylic acids is 2. The molecule has 0 unspecified atom stereocenters. The van der Waals surface area contributed by atoms with Crippen LogP contribution in [0.25, 0.3) is 33.4 Å². The summed E-state index contributed by atoms with van der Waals surface area (Å²) in [7, 11) is 10.8. The van der Waals surface area contributed by atoms with Gasteiger partial charge in [-0.3, -0.25) is 9.59 Å². The first-order chi connectivity index (χ1) is 26.1. The Morgan fingerprint density at radius 3 is 2.16 bits per heavy atom. The lowest BCUT2D eigenvalue weighted by Gasteiger charge is -2.27. The number of hydrogen-bond donors (Lipinski definition) is 0. The molecule has 292 valence electrons. The molecule has 12 nitrogen and oxygen atoms in total. The van der Waals surface area contributed by atoms with Crippen LogP contribution in [-0.4, -0.2) is 107 Å². The zero-order valence-electron chi connectivity index (χ0n) is 32.5. The van der Waals surface area contributed by atoms with Crippen molar-refractivity contribution in [3.05, 3.63) is 83.7 Å². The second kappa shape index (κ2) is 18.2. The van der Waals surface area contributed by atoms with Crippen molar-refractivity contribution in [2.24, 2.45) is 0 Å². The molecule has 0 atom stereocenters. The van der Waals surface area contributed by atoms with Crippen molar-refractivity contribution in [1.82, 2.24) is 4.58 Å². The third-order valence-corrected chi connectivity index (χ3v) is 9.54. The van der Waals surface area contributed by atoms with E-state index in [4.69, 9.17) is 28.1 Å². The Bertz CT molecular complexity index is 2180. The van der Waals surface area contributed by atoms with Crippen molar-refractivity contribution in [2.45, 2.75) is 6.92 Å². The fourth-order valence-electron chi connectivity index (χ4n) is 6.61. The largest absolute Gasteiger partial charge is 1.00 e. The zero-order valence-corrected chi connectivity index (χ0v) is 33.3. The summed E-state index contributed by atoms with van der Waals surface area (Å²) < 4.78 is 37.8. The highest BCUT2D eigenvalue weighted by atomic mass is 35.5. The topological polar surface area (TPSA) is 106 Å². The van der Waals surface area contributed by atoms with Crippen molar-refractivity contribution >= 4 is 40.0 Å². The van der Waals surface area contributed by atoms with Crippen molar-refractivity contribution in [3.63, 3.8) is 0 Å². The summed E-state index contributed by atoms with van der Waals surface area (Å²) in [6.45, 7) is 3.83. The number of para-hydroxylation sites is 1. The maximum Gasteiger partial charge on any atom is 0.325 e. The first-order valence-electron chi connectivity index (χ1n) is 18.0. The van der Waals surface area contributed by atoms with Gasteiger partial charge in [0.2, 0.25) is 5.36 Å². The van der Waals surface area contributed by atoms with Gasteiger partial charge < -0.3 is 55.2 Å². The Balaban J connectivity index is 0.00000580. The molecule has 13 heteroatoms. The third-order valence-electron chi connectivity index (χ3n) is 9.54. The molecule has 0 saturated carbocycles. The molecule has 3 aromatic rings. The lowest BCUT2D eigenvalue weighted by molar-refractivity contribution is -0.139. The van der Waals surface area contributed by atoms with Gasteiger partial charge >= 0.3 is 11.9 Å². The number of ether oxygens (including phenoxy) is 5. The number of hydrogen-bond acceptors (Lipinski definition) is 11. The van der Waals surface area contributed by atoms with Gasteiger partial charge in [-0.15, -0.1) is 0 Å². The van der Waals surface area contributed by atoms with E-state index in [9.17, 15) is 9.59 Å². The number of aryl methyl sites for hydroxylation is 1. The van der Waals surface area contributed by atoms with Crippen LogP contribution in [0, 0.1) is 6.92 Å². The maximum absolute atomic E-state index is 12.7. The highest BCUT2D eigenvalue weighted by Gasteiger charge is 2.24. The molecular weight excluding hydrogens is 724 g/mol. The number of halogens is 1. The molecule has 55 heavy (non-hydrogen) atoms. The predicted molar refractivity (Wildman–Crippen MR) is 211 cm³/mol. The molecule has 0 fully saturated rings. The summed E-state index contributed by atoms with van der Waals surface area (Å²) in [5.41, 5.74) is 7.04. The highest BCUT2D eigenvalue weighted by molar-refractivity contribution is 6.03. The van der Waals surface area contributed by atoms with Gasteiger partial charge in [-0.25, -0.2) is 4.58 Å². The van der Waals surface area contributed by atoms with Crippen LogP contribution in [0.1, 0.15) is 5.56 Å². The fraction of sp³-hybridized carbons (Fsp3) is 0.357. The normalized spacial score (nSPS) is 13.6. The van der Waals surface area contributed by atoms with Crippen molar-refractivity contribution in [3.8, 4) is 33.9 Å². The van der Waals surface area contributed by atoms with E-state index < -0.39 is 5.97 Å². The molecule has 0 aromatic heterocycles. The van der Waals surface area contributed by atoms with E-state index >= 15 is 0 Å². The lowest BCUT2D eigenvalue weighted by Crippen LogP contribution is -3.00. The Morgan fingerprint density at radius 1 is 0.800 bits per heavy atom. The standard InChI is InChI=1S/C42H49N4O8.ClH/c1-28-9-8-10-35-42(28)53-22-21-52-38-23-29(11-16-34(38)45(26-39(47)49-6)17-19-51-20-18-46(35)27-40(48)50-7)41-32-14-12-30(43(2)3)24-36(32)54-37-25-31(44(4)5)13-15-33(37)41;/h8-16,23-25H,17-22,26-27H2,1-7H3;1H/q+1;/p-1. The van der Waals surface area contributed by atoms with Crippen LogP contribution in [0.3, 0.4) is 0 Å². The molecular formula is C42H49ClN4O8. The first-order valence-corrected chi connectivity index (χ1v) is 18.0. The lowest BCUT2D eigenvalue weighted by atomic mass is 9.93. The Hall–Kier alpha value is -5.46. The smallest absolute Gasteiger partial charge is 0.325 e. The van der Waals surface area contributed by atoms with E-state index in [1.54, 1.807) is 0 Å². The minimum absolute atomic E-state index is 0. The molecule has 0 bridgehead atoms. The summed E-state index contributed by atoms with van der Waals surface area (Å²) in [4.78, 5) is 31.0. The van der Waals surface area contributed by atoms with E-state index in [1.807, 2.05) is 75.2 Å². The van der Waals surface area contributed by atoms with Crippen LogP contribution < -0.4 is 46.5 Å². The Labute approximate surface area is 328 Å². The Kier molecular flexibility index (Phi) is 13.5. The zero-order chi connectivity index (χ0) is 38.4. The molecule has 0 spiro atoms. The van der Waals surface area contributed by atoms with E-state index in [0.29, 0.717) is 43.5 Å². The molecule has 1 aliphatic carbocycles. The van der Waals surface area contributed by atoms with Gasteiger partial charge in [-0.05, 0) is 54.4 Å². The quantitative estimate of drug-likeness (QED) is 0.144. The second-order valence-corrected chi connectivity index (χ2v) is 13.5. The number of rotatable bonds is 6. The van der Waals surface area contributed by atoms with Gasteiger partial charge in [-0.1, -0.05) is 18.2 Å². The van der Waals surface area contributed by atoms with Crippen molar-refractivity contribution < 1.29 is 50.1 Å². The third kappa shape index (κ3) is 9.26. The van der Waals surface area contributed by atoms with Crippen LogP contribution in [0.2, 0.25) is 0 Å². The molecule has 0 saturated heterocycles. The molecule has 2 aliphatic heterocycles. The summed E-state index contributed by atoms with van der Waals surface area (Å²) in [5.74, 6) is 1.22. The number of anilines is 3. The maximum atomic E-state index is 12.7. The molecule has 3 aromatic carbocycles. The fourth-order valence-corrected chi connectivity index (χ4v) is 6.61. The van der Waals surface area contributed by atoms with Crippen LogP contribution in [0.4, 0.5) is 17.1 Å².